The van der Waals surface area contributed by atoms with Crippen molar-refractivity contribution in [2.75, 3.05) is 5.32 Å². The second kappa shape index (κ2) is 5.89. The quantitative estimate of drug-likeness (QED) is 0.784. The van der Waals surface area contributed by atoms with Crippen LogP contribution in [0, 0.1) is 12.8 Å². The molecule has 1 aromatic rings. The van der Waals surface area contributed by atoms with Gasteiger partial charge < -0.3 is 10.4 Å². The number of nitrogens with one attached hydrogen (secondary N) is 1. The van der Waals surface area contributed by atoms with Crippen molar-refractivity contribution in [2.24, 2.45) is 5.92 Å². The van der Waals surface area contributed by atoms with Crippen molar-refractivity contribution in [3.05, 3.63) is 23.8 Å². The van der Waals surface area contributed by atoms with E-state index in [1.807, 2.05) is 13.0 Å². The number of amides is 1. The number of phenolic OH excluding ortho intramolecular Hbond substituents is 1. The molecule has 3 heteroatoms. The summed E-state index contributed by atoms with van der Waals surface area (Å²) >= 11 is 0. The number of hydrogen-bond donors (Lipinski definition) is 2. The minimum Gasteiger partial charge on any atom is -0.508 e. The second-order valence-electron chi connectivity index (χ2n) is 5.13. The SMILES string of the molecule is Cc1c(O)cccc1NC(=O)C1CCCCCC1. The number of hydrogen-bond acceptors (Lipinski definition) is 2. The zero-order chi connectivity index (χ0) is 13.0. The molecule has 0 bridgehead atoms. The summed E-state index contributed by atoms with van der Waals surface area (Å²) < 4.78 is 0. The molecular formula is C15H21NO2. The maximum absolute atomic E-state index is 12.2. The zero-order valence-corrected chi connectivity index (χ0v) is 10.9. The lowest BCUT2D eigenvalue weighted by atomic mass is 9.99. The normalized spacial score (nSPS) is 17.2. The van der Waals surface area contributed by atoms with Crippen molar-refractivity contribution in [3.63, 3.8) is 0 Å². The molecule has 0 unspecified atom stereocenters. The van der Waals surface area contributed by atoms with Crippen molar-refractivity contribution in [2.45, 2.75) is 45.4 Å². The second-order valence-corrected chi connectivity index (χ2v) is 5.13. The Morgan fingerprint density at radius 2 is 1.89 bits per heavy atom. The summed E-state index contributed by atoms with van der Waals surface area (Å²) in [7, 11) is 0. The molecular weight excluding hydrogens is 226 g/mol. The number of carbonyl (C=O) groups is 1. The average molecular weight is 247 g/mol. The van der Waals surface area contributed by atoms with E-state index >= 15 is 0 Å². The Morgan fingerprint density at radius 1 is 1.22 bits per heavy atom. The summed E-state index contributed by atoms with van der Waals surface area (Å²) in [5.74, 6) is 0.466. The average Bonchev–Trinajstić information content (AvgIpc) is 2.63. The minimum atomic E-state index is 0.102. The first-order chi connectivity index (χ1) is 8.68. The van der Waals surface area contributed by atoms with Gasteiger partial charge in [-0.1, -0.05) is 31.7 Å². The fraction of sp³-hybridized carbons (Fsp3) is 0.533. The van der Waals surface area contributed by atoms with Crippen molar-refractivity contribution >= 4 is 11.6 Å². The van der Waals surface area contributed by atoms with Gasteiger partial charge in [0.15, 0.2) is 0 Å². The number of benzene rings is 1. The first-order valence-electron chi connectivity index (χ1n) is 6.78. The largest absolute Gasteiger partial charge is 0.508 e. The maximum atomic E-state index is 12.2. The van der Waals surface area contributed by atoms with Crippen LogP contribution in [0.5, 0.6) is 5.75 Å². The van der Waals surface area contributed by atoms with Crippen molar-refractivity contribution in [1.29, 1.82) is 0 Å². The third-order valence-corrected chi connectivity index (χ3v) is 3.79. The van der Waals surface area contributed by atoms with Crippen LogP contribution in [0.3, 0.4) is 0 Å². The zero-order valence-electron chi connectivity index (χ0n) is 10.9. The molecule has 0 aliphatic heterocycles. The van der Waals surface area contributed by atoms with E-state index in [4.69, 9.17) is 0 Å². The van der Waals surface area contributed by atoms with Gasteiger partial charge in [0.25, 0.3) is 0 Å². The summed E-state index contributed by atoms with van der Waals surface area (Å²) in [6, 6.07) is 5.23. The van der Waals surface area contributed by atoms with Crippen LogP contribution in [0.25, 0.3) is 0 Å². The molecule has 0 spiro atoms. The standard InChI is InChI=1S/C15H21NO2/c1-11-13(9-6-10-14(11)17)16-15(18)12-7-4-2-3-5-8-12/h6,9-10,12,17H,2-5,7-8H2,1H3,(H,16,18). The molecule has 18 heavy (non-hydrogen) atoms. The lowest BCUT2D eigenvalue weighted by Crippen LogP contribution is -2.22. The van der Waals surface area contributed by atoms with E-state index < -0.39 is 0 Å². The molecule has 2 rings (SSSR count). The molecule has 1 fully saturated rings. The Labute approximate surface area is 108 Å². The molecule has 0 saturated heterocycles. The van der Waals surface area contributed by atoms with Gasteiger partial charge in [-0.3, -0.25) is 4.79 Å². The number of carbonyl (C=O) groups excluding carboxylic acids is 1. The predicted octanol–water partition coefficient (Wildman–Crippen LogP) is 3.61. The van der Waals surface area contributed by atoms with Crippen LogP contribution in [0.2, 0.25) is 0 Å². The number of rotatable bonds is 2. The summed E-state index contributed by atoms with van der Waals surface area (Å²) in [5.41, 5.74) is 1.46. The Hall–Kier alpha value is -1.51. The van der Waals surface area contributed by atoms with Crippen molar-refractivity contribution in [3.8, 4) is 5.75 Å². The first kappa shape index (κ1) is 12.9. The minimum absolute atomic E-state index is 0.102. The highest BCUT2D eigenvalue weighted by Crippen LogP contribution is 2.27. The van der Waals surface area contributed by atoms with Gasteiger partial charge in [0.05, 0.1) is 0 Å². The number of anilines is 1. The molecule has 1 amide bonds. The van der Waals surface area contributed by atoms with Gasteiger partial charge in [-0.25, -0.2) is 0 Å². The Balaban J connectivity index is 2.03. The molecule has 1 saturated carbocycles. The topological polar surface area (TPSA) is 49.3 Å². The van der Waals surface area contributed by atoms with Gasteiger partial charge in [0.1, 0.15) is 5.75 Å². The predicted molar refractivity (Wildman–Crippen MR) is 72.7 cm³/mol. The van der Waals surface area contributed by atoms with Gasteiger partial charge in [-0.2, -0.15) is 0 Å². The molecule has 98 valence electrons. The van der Waals surface area contributed by atoms with Gasteiger partial charge in [0, 0.05) is 17.2 Å². The van der Waals surface area contributed by atoms with Crippen LogP contribution in [0.15, 0.2) is 18.2 Å². The van der Waals surface area contributed by atoms with Crippen molar-refractivity contribution in [1.82, 2.24) is 0 Å². The van der Waals surface area contributed by atoms with Crippen LogP contribution in [0.1, 0.15) is 44.1 Å². The Bertz CT molecular complexity index is 421. The van der Waals surface area contributed by atoms with E-state index in [0.717, 1.165) is 36.9 Å². The van der Waals surface area contributed by atoms with Crippen molar-refractivity contribution < 1.29 is 9.90 Å². The van der Waals surface area contributed by atoms with Gasteiger partial charge in [-0.05, 0) is 31.9 Å². The van der Waals surface area contributed by atoms with E-state index in [0.29, 0.717) is 0 Å². The van der Waals surface area contributed by atoms with Gasteiger partial charge >= 0.3 is 0 Å². The fourth-order valence-corrected chi connectivity index (χ4v) is 2.54. The monoisotopic (exact) mass is 247 g/mol. The molecule has 0 heterocycles. The highest BCUT2D eigenvalue weighted by atomic mass is 16.3. The van der Waals surface area contributed by atoms with Crippen LogP contribution >= 0.6 is 0 Å². The summed E-state index contributed by atoms with van der Waals surface area (Å²) in [5, 5.41) is 12.6. The first-order valence-corrected chi connectivity index (χ1v) is 6.78. The van der Waals surface area contributed by atoms with E-state index in [2.05, 4.69) is 5.32 Å². The summed E-state index contributed by atoms with van der Waals surface area (Å²) in [6.45, 7) is 1.82. The van der Waals surface area contributed by atoms with Crippen LogP contribution < -0.4 is 5.32 Å². The lowest BCUT2D eigenvalue weighted by Gasteiger charge is -2.15. The molecule has 2 N–H and O–H groups in total. The molecule has 1 aliphatic rings. The Morgan fingerprint density at radius 3 is 2.56 bits per heavy atom. The maximum Gasteiger partial charge on any atom is 0.227 e. The van der Waals surface area contributed by atoms with E-state index in [1.165, 1.54) is 12.8 Å². The number of phenols is 1. The summed E-state index contributed by atoms with van der Waals surface area (Å²) in [6.07, 6.45) is 6.77. The fourth-order valence-electron chi connectivity index (χ4n) is 2.54. The molecule has 1 aromatic carbocycles. The highest BCUT2D eigenvalue weighted by Gasteiger charge is 2.20. The van der Waals surface area contributed by atoms with E-state index in [9.17, 15) is 9.90 Å². The highest BCUT2D eigenvalue weighted by molar-refractivity contribution is 5.93. The van der Waals surface area contributed by atoms with Gasteiger partial charge in [-0.15, -0.1) is 0 Å². The third kappa shape index (κ3) is 3.03. The van der Waals surface area contributed by atoms with Gasteiger partial charge in [0.2, 0.25) is 5.91 Å². The van der Waals surface area contributed by atoms with E-state index in [-0.39, 0.29) is 17.6 Å². The molecule has 0 atom stereocenters. The molecule has 1 aliphatic carbocycles. The molecule has 0 radical (unpaired) electrons. The van der Waals surface area contributed by atoms with Crippen LogP contribution in [0.4, 0.5) is 5.69 Å². The number of aromatic hydroxyl groups is 1. The van der Waals surface area contributed by atoms with Crippen LogP contribution in [-0.2, 0) is 4.79 Å². The summed E-state index contributed by atoms with van der Waals surface area (Å²) in [4.78, 5) is 12.2. The Kier molecular flexibility index (Phi) is 4.24. The molecule has 0 aromatic heterocycles. The third-order valence-electron chi connectivity index (χ3n) is 3.79. The van der Waals surface area contributed by atoms with Crippen LogP contribution in [-0.4, -0.2) is 11.0 Å². The van der Waals surface area contributed by atoms with E-state index in [1.54, 1.807) is 12.1 Å². The smallest absolute Gasteiger partial charge is 0.227 e. The lowest BCUT2D eigenvalue weighted by molar-refractivity contribution is -0.120. The molecule has 3 nitrogen and oxygen atoms in total.